The Kier molecular flexibility index (Phi) is 4.93. The summed E-state index contributed by atoms with van der Waals surface area (Å²) in [6, 6.07) is 8.89. The molecule has 0 radical (unpaired) electrons. The van der Waals surface area contributed by atoms with Crippen molar-refractivity contribution in [2.24, 2.45) is 0 Å². The number of rotatable bonds is 5. The van der Waals surface area contributed by atoms with Crippen LogP contribution in [0, 0.1) is 6.92 Å². The molecule has 2 aromatic rings. The molecule has 0 fully saturated rings. The monoisotopic (exact) mass is 300 g/mol. The van der Waals surface area contributed by atoms with Crippen LogP contribution in [0.4, 0.5) is 5.95 Å². The third kappa shape index (κ3) is 3.94. The lowest BCUT2D eigenvalue weighted by Gasteiger charge is -2.13. The normalized spacial score (nSPS) is 10.2. The van der Waals surface area contributed by atoms with Crippen LogP contribution in [0.2, 0.25) is 0 Å². The number of hydrogen-bond acceptors (Lipinski definition) is 5. The highest BCUT2D eigenvalue weighted by Crippen LogP contribution is 2.13. The minimum Gasteiger partial charge on any atom is -0.497 e. The average molecular weight is 300 g/mol. The van der Waals surface area contributed by atoms with Gasteiger partial charge in [-0.15, -0.1) is 0 Å². The zero-order chi connectivity index (χ0) is 16.1. The number of hydrogen-bond donors (Lipinski definition) is 1. The highest BCUT2D eigenvalue weighted by Gasteiger charge is 2.08. The van der Waals surface area contributed by atoms with Gasteiger partial charge >= 0.3 is 0 Å². The number of nitrogens with one attached hydrogen (secondary N) is 1. The molecule has 1 heterocycles. The van der Waals surface area contributed by atoms with E-state index in [1.54, 1.807) is 31.4 Å². The molecule has 0 saturated carbocycles. The molecule has 0 unspecified atom stereocenters. The molecule has 0 spiro atoms. The number of aromatic nitrogens is 2. The Morgan fingerprint density at radius 2 is 2.05 bits per heavy atom. The number of benzene rings is 1. The van der Waals surface area contributed by atoms with Crippen LogP contribution in [0.5, 0.6) is 5.75 Å². The summed E-state index contributed by atoms with van der Waals surface area (Å²) in [5, 5.41) is 2.86. The van der Waals surface area contributed by atoms with Crippen LogP contribution in [-0.4, -0.2) is 37.1 Å². The summed E-state index contributed by atoms with van der Waals surface area (Å²) in [5.74, 6) is 1.12. The number of methoxy groups -OCH3 is 1. The predicted octanol–water partition coefficient (Wildman–Crippen LogP) is 1.79. The number of nitrogens with zero attached hydrogens (tertiary/aromatic N) is 3. The molecule has 0 bridgehead atoms. The Morgan fingerprint density at radius 1 is 1.27 bits per heavy atom. The van der Waals surface area contributed by atoms with Crippen molar-refractivity contribution in [3.05, 3.63) is 47.3 Å². The van der Waals surface area contributed by atoms with Gasteiger partial charge in [-0.2, -0.15) is 0 Å². The van der Waals surface area contributed by atoms with E-state index in [-0.39, 0.29) is 5.91 Å². The minimum absolute atomic E-state index is 0.165. The Hall–Kier alpha value is -2.63. The number of anilines is 1. The maximum atomic E-state index is 12.2. The lowest BCUT2D eigenvalue weighted by Crippen LogP contribution is -2.24. The molecule has 0 aliphatic heterocycles. The van der Waals surface area contributed by atoms with E-state index in [0.717, 1.165) is 11.4 Å². The summed E-state index contributed by atoms with van der Waals surface area (Å²) < 4.78 is 5.12. The van der Waals surface area contributed by atoms with Crippen LogP contribution in [0.3, 0.4) is 0 Å². The second-order valence-electron chi connectivity index (χ2n) is 5.11. The van der Waals surface area contributed by atoms with Gasteiger partial charge in [-0.05, 0) is 31.2 Å². The van der Waals surface area contributed by atoms with Gasteiger partial charge in [-0.3, -0.25) is 4.79 Å². The number of carbonyl (C=O) groups is 1. The summed E-state index contributed by atoms with van der Waals surface area (Å²) in [5.41, 5.74) is 2.19. The van der Waals surface area contributed by atoms with Crippen LogP contribution in [0.15, 0.2) is 30.3 Å². The summed E-state index contributed by atoms with van der Waals surface area (Å²) >= 11 is 0. The van der Waals surface area contributed by atoms with E-state index in [0.29, 0.717) is 23.8 Å². The fourth-order valence-corrected chi connectivity index (χ4v) is 1.94. The van der Waals surface area contributed by atoms with Crippen molar-refractivity contribution in [3.63, 3.8) is 0 Å². The standard InChI is InChI=1S/C16H20N4O2/c1-11-8-13(19-16(18-11)20(2)3)10-17-15(21)12-6-5-7-14(9-12)22-4/h5-9H,10H2,1-4H3,(H,17,21). The van der Waals surface area contributed by atoms with Crippen LogP contribution >= 0.6 is 0 Å². The van der Waals surface area contributed by atoms with E-state index in [2.05, 4.69) is 15.3 Å². The van der Waals surface area contributed by atoms with E-state index in [1.165, 1.54) is 0 Å². The third-order valence-corrected chi connectivity index (χ3v) is 3.06. The third-order valence-electron chi connectivity index (χ3n) is 3.06. The molecule has 1 N–H and O–H groups in total. The van der Waals surface area contributed by atoms with Crippen LogP contribution < -0.4 is 15.0 Å². The topological polar surface area (TPSA) is 67.3 Å². The van der Waals surface area contributed by atoms with Crippen LogP contribution in [-0.2, 0) is 6.54 Å². The highest BCUT2D eigenvalue weighted by molar-refractivity contribution is 5.94. The van der Waals surface area contributed by atoms with Gasteiger partial charge in [-0.25, -0.2) is 9.97 Å². The maximum absolute atomic E-state index is 12.2. The number of aryl methyl sites for hydroxylation is 1. The second kappa shape index (κ2) is 6.89. The van der Waals surface area contributed by atoms with Gasteiger partial charge in [0, 0.05) is 25.4 Å². The van der Waals surface area contributed by atoms with E-state index >= 15 is 0 Å². The number of amides is 1. The zero-order valence-electron chi connectivity index (χ0n) is 13.3. The first-order valence-corrected chi connectivity index (χ1v) is 6.93. The molecule has 0 saturated heterocycles. The van der Waals surface area contributed by atoms with Crippen molar-refractivity contribution in [1.82, 2.24) is 15.3 Å². The van der Waals surface area contributed by atoms with Gasteiger partial charge in [0.05, 0.1) is 19.3 Å². The van der Waals surface area contributed by atoms with Gasteiger partial charge in [-0.1, -0.05) is 6.07 Å². The largest absolute Gasteiger partial charge is 0.497 e. The van der Waals surface area contributed by atoms with Crippen molar-refractivity contribution < 1.29 is 9.53 Å². The molecule has 6 nitrogen and oxygen atoms in total. The van der Waals surface area contributed by atoms with Crippen molar-refractivity contribution in [3.8, 4) is 5.75 Å². The Labute approximate surface area is 130 Å². The van der Waals surface area contributed by atoms with E-state index in [9.17, 15) is 4.79 Å². The number of ether oxygens (including phenoxy) is 1. The van der Waals surface area contributed by atoms with E-state index in [4.69, 9.17) is 4.74 Å². The van der Waals surface area contributed by atoms with Gasteiger partial charge < -0.3 is 15.0 Å². The van der Waals surface area contributed by atoms with Gasteiger partial charge in [0.1, 0.15) is 5.75 Å². The number of carbonyl (C=O) groups excluding carboxylic acids is 1. The molecule has 1 amide bonds. The molecule has 2 rings (SSSR count). The fourth-order valence-electron chi connectivity index (χ4n) is 1.94. The zero-order valence-corrected chi connectivity index (χ0v) is 13.3. The van der Waals surface area contributed by atoms with E-state index < -0.39 is 0 Å². The maximum Gasteiger partial charge on any atom is 0.251 e. The molecule has 0 aliphatic rings. The Balaban J connectivity index is 2.07. The van der Waals surface area contributed by atoms with Gasteiger partial charge in [0.25, 0.3) is 5.91 Å². The Morgan fingerprint density at radius 3 is 2.73 bits per heavy atom. The second-order valence-corrected chi connectivity index (χ2v) is 5.11. The first-order chi connectivity index (χ1) is 10.5. The molecule has 1 aromatic heterocycles. The predicted molar refractivity (Wildman–Crippen MR) is 85.3 cm³/mol. The molecule has 116 valence electrons. The Bertz CT molecular complexity index is 671. The lowest BCUT2D eigenvalue weighted by atomic mass is 10.2. The first kappa shape index (κ1) is 15.8. The van der Waals surface area contributed by atoms with Crippen molar-refractivity contribution in [2.45, 2.75) is 13.5 Å². The van der Waals surface area contributed by atoms with Gasteiger partial charge in [0.2, 0.25) is 5.95 Å². The van der Waals surface area contributed by atoms with Crippen molar-refractivity contribution >= 4 is 11.9 Å². The first-order valence-electron chi connectivity index (χ1n) is 6.93. The van der Waals surface area contributed by atoms with Gasteiger partial charge in [0.15, 0.2) is 0 Å². The quantitative estimate of drug-likeness (QED) is 0.912. The van der Waals surface area contributed by atoms with Crippen molar-refractivity contribution in [1.29, 1.82) is 0 Å². The summed E-state index contributed by atoms with van der Waals surface area (Å²) in [6.07, 6.45) is 0. The summed E-state index contributed by atoms with van der Waals surface area (Å²) in [6.45, 7) is 2.25. The van der Waals surface area contributed by atoms with Crippen LogP contribution in [0.1, 0.15) is 21.7 Å². The molecule has 22 heavy (non-hydrogen) atoms. The molecule has 0 aliphatic carbocycles. The lowest BCUT2D eigenvalue weighted by molar-refractivity contribution is 0.0950. The fraction of sp³-hybridized carbons (Fsp3) is 0.312. The minimum atomic E-state index is -0.165. The highest BCUT2D eigenvalue weighted by atomic mass is 16.5. The molecule has 6 heteroatoms. The van der Waals surface area contributed by atoms with Crippen LogP contribution in [0.25, 0.3) is 0 Å². The molecule has 1 aromatic carbocycles. The summed E-state index contributed by atoms with van der Waals surface area (Å²) in [4.78, 5) is 22.7. The molecular formula is C16H20N4O2. The van der Waals surface area contributed by atoms with Crippen molar-refractivity contribution in [2.75, 3.05) is 26.1 Å². The molecular weight excluding hydrogens is 280 g/mol. The summed E-state index contributed by atoms with van der Waals surface area (Å²) in [7, 11) is 5.34. The molecule has 0 atom stereocenters. The SMILES string of the molecule is COc1cccc(C(=O)NCc2cc(C)nc(N(C)C)n2)c1. The van der Waals surface area contributed by atoms with E-state index in [1.807, 2.05) is 32.0 Å². The average Bonchev–Trinajstić information content (AvgIpc) is 2.52. The smallest absolute Gasteiger partial charge is 0.251 e.